The van der Waals surface area contributed by atoms with Gasteiger partial charge in [-0.3, -0.25) is 4.79 Å². The van der Waals surface area contributed by atoms with Gasteiger partial charge in [-0.2, -0.15) is 0 Å². The van der Waals surface area contributed by atoms with Crippen LogP contribution in [-0.2, 0) is 4.74 Å². The number of hydrogen-bond acceptors (Lipinski definition) is 4. The molecule has 0 aliphatic rings. The SMILES string of the molecule is CCOC(=O)c1c(N)cccc1C(C)=O. The van der Waals surface area contributed by atoms with Crippen LogP contribution in [0.4, 0.5) is 5.69 Å². The summed E-state index contributed by atoms with van der Waals surface area (Å²) in [4.78, 5) is 22.8. The highest BCUT2D eigenvalue weighted by molar-refractivity contribution is 6.08. The van der Waals surface area contributed by atoms with Crippen LogP contribution < -0.4 is 5.73 Å². The highest BCUT2D eigenvalue weighted by Crippen LogP contribution is 2.18. The van der Waals surface area contributed by atoms with E-state index >= 15 is 0 Å². The molecule has 0 amide bonds. The summed E-state index contributed by atoms with van der Waals surface area (Å²) in [6, 6.07) is 4.76. The normalized spacial score (nSPS) is 9.73. The van der Waals surface area contributed by atoms with Gasteiger partial charge >= 0.3 is 5.97 Å². The number of Topliss-reactive ketones (excluding diaryl/α,β-unsaturated/α-hetero) is 1. The van der Waals surface area contributed by atoms with Gasteiger partial charge in [-0.15, -0.1) is 0 Å². The Kier molecular flexibility index (Phi) is 3.44. The minimum atomic E-state index is -0.555. The molecule has 0 spiro atoms. The molecule has 0 heterocycles. The molecule has 1 aromatic rings. The van der Waals surface area contributed by atoms with E-state index in [4.69, 9.17) is 10.5 Å². The van der Waals surface area contributed by atoms with E-state index in [0.717, 1.165) is 0 Å². The number of hydrogen-bond donors (Lipinski definition) is 1. The second-order valence-corrected chi connectivity index (χ2v) is 3.05. The van der Waals surface area contributed by atoms with Crippen molar-refractivity contribution in [2.45, 2.75) is 13.8 Å². The van der Waals surface area contributed by atoms with Crippen molar-refractivity contribution in [3.8, 4) is 0 Å². The first-order valence-electron chi connectivity index (χ1n) is 4.64. The first-order chi connectivity index (χ1) is 7.07. The molecule has 2 N–H and O–H groups in total. The Balaban J connectivity index is 3.24. The molecule has 0 bridgehead atoms. The summed E-state index contributed by atoms with van der Waals surface area (Å²) in [7, 11) is 0. The smallest absolute Gasteiger partial charge is 0.340 e. The fraction of sp³-hybridized carbons (Fsp3) is 0.273. The lowest BCUT2D eigenvalue weighted by atomic mass is 10.0. The van der Waals surface area contributed by atoms with Crippen LogP contribution in [0.3, 0.4) is 0 Å². The van der Waals surface area contributed by atoms with Gasteiger partial charge in [-0.05, 0) is 19.9 Å². The predicted molar refractivity (Wildman–Crippen MR) is 56.8 cm³/mol. The van der Waals surface area contributed by atoms with Crippen molar-refractivity contribution in [3.05, 3.63) is 29.3 Å². The van der Waals surface area contributed by atoms with Crippen LogP contribution in [0, 0.1) is 0 Å². The molecule has 0 atom stereocenters. The molecule has 0 aromatic heterocycles. The van der Waals surface area contributed by atoms with Gasteiger partial charge in [-0.25, -0.2) is 4.79 Å². The molecule has 4 heteroatoms. The Labute approximate surface area is 88.0 Å². The molecule has 0 unspecified atom stereocenters. The maximum atomic E-state index is 11.5. The highest BCUT2D eigenvalue weighted by Gasteiger charge is 2.18. The quantitative estimate of drug-likeness (QED) is 0.464. The average Bonchev–Trinajstić information content (AvgIpc) is 2.17. The van der Waals surface area contributed by atoms with Crippen LogP contribution in [0.5, 0.6) is 0 Å². The molecule has 80 valence electrons. The molecule has 0 saturated carbocycles. The Hall–Kier alpha value is -1.84. The van der Waals surface area contributed by atoms with Crippen molar-refractivity contribution in [1.29, 1.82) is 0 Å². The molecule has 4 nitrogen and oxygen atoms in total. The number of rotatable bonds is 3. The van der Waals surface area contributed by atoms with E-state index in [-0.39, 0.29) is 23.6 Å². The summed E-state index contributed by atoms with van der Waals surface area (Å²) in [6.07, 6.45) is 0. The molecule has 0 fully saturated rings. The number of carbonyl (C=O) groups is 2. The van der Waals surface area contributed by atoms with Crippen LogP contribution in [0.2, 0.25) is 0 Å². The standard InChI is InChI=1S/C11H13NO3/c1-3-15-11(14)10-8(7(2)13)5-4-6-9(10)12/h4-6H,3,12H2,1-2H3. The van der Waals surface area contributed by atoms with Crippen LogP contribution in [0.25, 0.3) is 0 Å². The number of nitrogens with two attached hydrogens (primary N) is 1. The zero-order chi connectivity index (χ0) is 11.4. The molecule has 0 saturated heterocycles. The first kappa shape index (κ1) is 11.2. The van der Waals surface area contributed by atoms with Gasteiger partial charge in [0.05, 0.1) is 12.2 Å². The van der Waals surface area contributed by atoms with Crippen LogP contribution in [0.15, 0.2) is 18.2 Å². The van der Waals surface area contributed by atoms with Gasteiger partial charge in [0.25, 0.3) is 0 Å². The van der Waals surface area contributed by atoms with E-state index in [2.05, 4.69) is 0 Å². The Morgan fingerprint density at radius 1 is 1.40 bits per heavy atom. The molecule has 15 heavy (non-hydrogen) atoms. The van der Waals surface area contributed by atoms with E-state index in [9.17, 15) is 9.59 Å². The maximum absolute atomic E-state index is 11.5. The Bertz CT molecular complexity index is 399. The maximum Gasteiger partial charge on any atom is 0.340 e. The third-order valence-corrected chi connectivity index (χ3v) is 1.96. The third-order valence-electron chi connectivity index (χ3n) is 1.96. The van der Waals surface area contributed by atoms with Gasteiger partial charge in [0.1, 0.15) is 0 Å². The largest absolute Gasteiger partial charge is 0.462 e. The van der Waals surface area contributed by atoms with Crippen molar-refractivity contribution < 1.29 is 14.3 Å². The fourth-order valence-corrected chi connectivity index (χ4v) is 1.29. The monoisotopic (exact) mass is 207 g/mol. The summed E-state index contributed by atoms with van der Waals surface area (Å²) in [5.74, 6) is -0.758. The average molecular weight is 207 g/mol. The number of ether oxygens (including phenoxy) is 1. The summed E-state index contributed by atoms with van der Waals surface area (Å²) in [6.45, 7) is 3.34. The topological polar surface area (TPSA) is 69.4 Å². The van der Waals surface area contributed by atoms with E-state index < -0.39 is 5.97 Å². The molecular weight excluding hydrogens is 194 g/mol. The van der Waals surface area contributed by atoms with Gasteiger partial charge in [0.2, 0.25) is 0 Å². The summed E-state index contributed by atoms with van der Waals surface area (Å²) < 4.78 is 4.83. The van der Waals surface area contributed by atoms with Crippen molar-refractivity contribution in [3.63, 3.8) is 0 Å². The lowest BCUT2D eigenvalue weighted by Crippen LogP contribution is -2.13. The molecule has 1 rings (SSSR count). The van der Waals surface area contributed by atoms with Crippen LogP contribution in [-0.4, -0.2) is 18.4 Å². The number of anilines is 1. The zero-order valence-electron chi connectivity index (χ0n) is 8.74. The minimum absolute atomic E-state index is 0.159. The first-order valence-corrected chi connectivity index (χ1v) is 4.64. The van der Waals surface area contributed by atoms with Crippen LogP contribution in [0.1, 0.15) is 34.6 Å². The molecule has 0 aliphatic heterocycles. The van der Waals surface area contributed by atoms with Gasteiger partial charge in [0.15, 0.2) is 5.78 Å². The van der Waals surface area contributed by atoms with Crippen molar-refractivity contribution in [2.75, 3.05) is 12.3 Å². The number of carbonyl (C=O) groups excluding carboxylic acids is 2. The van der Waals surface area contributed by atoms with E-state index in [1.165, 1.54) is 6.92 Å². The van der Waals surface area contributed by atoms with Crippen molar-refractivity contribution >= 4 is 17.4 Å². The lowest BCUT2D eigenvalue weighted by Gasteiger charge is -2.08. The minimum Gasteiger partial charge on any atom is -0.462 e. The van der Waals surface area contributed by atoms with Gasteiger partial charge < -0.3 is 10.5 Å². The Morgan fingerprint density at radius 3 is 2.60 bits per heavy atom. The second-order valence-electron chi connectivity index (χ2n) is 3.05. The van der Waals surface area contributed by atoms with E-state index in [1.54, 1.807) is 25.1 Å². The summed E-state index contributed by atoms with van der Waals surface area (Å²) in [5.41, 5.74) is 6.36. The summed E-state index contributed by atoms with van der Waals surface area (Å²) >= 11 is 0. The molecule has 0 aliphatic carbocycles. The molecule has 1 aromatic carbocycles. The molecular formula is C11H13NO3. The summed E-state index contributed by atoms with van der Waals surface area (Å²) in [5, 5.41) is 0. The predicted octanol–water partition coefficient (Wildman–Crippen LogP) is 1.65. The van der Waals surface area contributed by atoms with E-state index in [1.807, 2.05) is 0 Å². The second kappa shape index (κ2) is 4.59. The van der Waals surface area contributed by atoms with Gasteiger partial charge in [0, 0.05) is 11.3 Å². The zero-order valence-corrected chi connectivity index (χ0v) is 8.74. The van der Waals surface area contributed by atoms with E-state index in [0.29, 0.717) is 5.56 Å². The Morgan fingerprint density at radius 2 is 2.07 bits per heavy atom. The third kappa shape index (κ3) is 2.34. The molecule has 0 radical (unpaired) electrons. The van der Waals surface area contributed by atoms with Gasteiger partial charge in [-0.1, -0.05) is 12.1 Å². The number of esters is 1. The number of nitrogen functional groups attached to an aromatic ring is 1. The number of benzene rings is 1. The van der Waals surface area contributed by atoms with Crippen molar-refractivity contribution in [1.82, 2.24) is 0 Å². The highest BCUT2D eigenvalue weighted by atomic mass is 16.5. The fourth-order valence-electron chi connectivity index (χ4n) is 1.29. The van der Waals surface area contributed by atoms with Crippen LogP contribution >= 0.6 is 0 Å². The number of ketones is 1. The van der Waals surface area contributed by atoms with Crippen molar-refractivity contribution in [2.24, 2.45) is 0 Å². The lowest BCUT2D eigenvalue weighted by molar-refractivity contribution is 0.0524.